The van der Waals surface area contributed by atoms with Gasteiger partial charge >= 0.3 is 0 Å². The molecule has 0 aliphatic carbocycles. The molecular formula is C40H25N5O. The summed E-state index contributed by atoms with van der Waals surface area (Å²) < 4.78 is 8.22. The fraction of sp³-hybridized carbons (Fsp3) is 0. The van der Waals surface area contributed by atoms with Gasteiger partial charge in [-0.1, -0.05) is 109 Å². The molecule has 0 bridgehead atoms. The zero-order valence-corrected chi connectivity index (χ0v) is 24.6. The average Bonchev–Trinajstić information content (AvgIpc) is 3.74. The summed E-state index contributed by atoms with van der Waals surface area (Å²) in [5, 5.41) is 2.03. The van der Waals surface area contributed by atoms with Gasteiger partial charge in [-0.25, -0.2) is 19.9 Å². The van der Waals surface area contributed by atoms with Crippen molar-refractivity contribution < 1.29 is 4.42 Å². The van der Waals surface area contributed by atoms with Gasteiger partial charge in [-0.3, -0.25) is 0 Å². The molecule has 6 nitrogen and oxygen atoms in total. The van der Waals surface area contributed by atoms with Crippen LogP contribution in [0.4, 0.5) is 0 Å². The molecule has 0 fully saturated rings. The van der Waals surface area contributed by atoms with E-state index in [4.69, 9.17) is 24.4 Å². The highest BCUT2D eigenvalue weighted by Gasteiger charge is 2.17. The number of pyridine rings is 1. The molecule has 0 aliphatic rings. The molecule has 0 radical (unpaired) electrons. The smallest absolute Gasteiger partial charge is 0.164 e. The van der Waals surface area contributed by atoms with E-state index in [0.717, 1.165) is 66.7 Å². The minimum atomic E-state index is 0.602. The first-order valence-electron chi connectivity index (χ1n) is 15.1. The molecule has 9 rings (SSSR count). The van der Waals surface area contributed by atoms with Crippen LogP contribution in [0, 0.1) is 0 Å². The first-order chi connectivity index (χ1) is 22.8. The van der Waals surface area contributed by atoms with Crippen molar-refractivity contribution in [2.45, 2.75) is 0 Å². The topological polar surface area (TPSA) is 69.1 Å². The number of hydrogen-bond donors (Lipinski definition) is 0. The third kappa shape index (κ3) is 4.52. The Kier molecular flexibility index (Phi) is 6.03. The average molecular weight is 592 g/mol. The lowest BCUT2D eigenvalue weighted by molar-refractivity contribution is 0.669. The molecular weight excluding hydrogens is 566 g/mol. The molecule has 0 aliphatic heterocycles. The van der Waals surface area contributed by atoms with Gasteiger partial charge in [0, 0.05) is 45.4 Å². The minimum Gasteiger partial charge on any atom is -0.456 e. The van der Waals surface area contributed by atoms with Crippen molar-refractivity contribution in [2.75, 3.05) is 0 Å². The lowest BCUT2D eigenvalue weighted by Gasteiger charge is -2.10. The Bertz CT molecular complexity index is 2500. The molecule has 0 N–H and O–H groups in total. The minimum absolute atomic E-state index is 0.602. The highest BCUT2D eigenvalue weighted by atomic mass is 16.3. The van der Waals surface area contributed by atoms with Crippen molar-refractivity contribution in [3.63, 3.8) is 0 Å². The zero-order chi connectivity index (χ0) is 30.5. The van der Waals surface area contributed by atoms with E-state index < -0.39 is 0 Å². The van der Waals surface area contributed by atoms with Gasteiger partial charge in [0.2, 0.25) is 0 Å². The first-order valence-corrected chi connectivity index (χ1v) is 15.1. The second-order valence-corrected chi connectivity index (χ2v) is 11.2. The van der Waals surface area contributed by atoms with Crippen LogP contribution in [-0.2, 0) is 0 Å². The van der Waals surface area contributed by atoms with Crippen LogP contribution >= 0.6 is 0 Å². The lowest BCUT2D eigenvalue weighted by Crippen LogP contribution is -2.00. The monoisotopic (exact) mass is 591 g/mol. The molecule has 0 unspecified atom stereocenters. The van der Waals surface area contributed by atoms with Gasteiger partial charge in [-0.2, -0.15) is 0 Å². The van der Waals surface area contributed by atoms with Gasteiger partial charge in [-0.05, 0) is 41.5 Å². The third-order valence-corrected chi connectivity index (χ3v) is 8.31. The summed E-state index contributed by atoms with van der Waals surface area (Å²) in [5.74, 6) is 1.83. The van der Waals surface area contributed by atoms with Crippen LogP contribution in [0.15, 0.2) is 156 Å². The van der Waals surface area contributed by atoms with Crippen molar-refractivity contribution in [3.8, 4) is 56.5 Å². The molecule has 46 heavy (non-hydrogen) atoms. The van der Waals surface area contributed by atoms with E-state index in [1.54, 1.807) is 0 Å². The molecule has 9 aromatic rings. The van der Waals surface area contributed by atoms with Gasteiger partial charge in [0.05, 0.1) is 5.69 Å². The SMILES string of the molecule is c1ccc(-c2nc(-c3ccc(-c4cccc(-c5cn6ccccc6n5)c4)cc3)nc(-c3cccc4oc5ccccc5c34)n2)cc1. The summed E-state index contributed by atoms with van der Waals surface area (Å²) in [6.45, 7) is 0. The standard InChI is InChI=1S/C40H25N5O/c1-2-10-27(11-3-1)38-42-39(44-40(43-38)32-15-9-17-35-37(32)31-14-4-5-16-34(31)46-35)28-21-19-26(20-22-28)29-12-8-13-30(24-29)33-25-45-23-7-6-18-36(45)41-33/h1-25H. The summed E-state index contributed by atoms with van der Waals surface area (Å²) in [6.07, 6.45) is 4.08. The molecule has 5 aromatic carbocycles. The van der Waals surface area contributed by atoms with Crippen LogP contribution in [-0.4, -0.2) is 24.3 Å². The van der Waals surface area contributed by atoms with E-state index in [0.29, 0.717) is 17.5 Å². The fourth-order valence-corrected chi connectivity index (χ4v) is 6.05. The quantitative estimate of drug-likeness (QED) is 0.199. The molecule has 216 valence electrons. The van der Waals surface area contributed by atoms with Crippen LogP contribution in [0.3, 0.4) is 0 Å². The number of rotatable bonds is 5. The maximum Gasteiger partial charge on any atom is 0.164 e. The maximum atomic E-state index is 6.18. The third-order valence-electron chi connectivity index (χ3n) is 8.31. The Morgan fingerprint density at radius 3 is 1.96 bits per heavy atom. The Morgan fingerprint density at radius 2 is 1.11 bits per heavy atom. The van der Waals surface area contributed by atoms with Crippen molar-refractivity contribution in [1.29, 1.82) is 0 Å². The summed E-state index contributed by atoms with van der Waals surface area (Å²) in [7, 11) is 0. The predicted octanol–water partition coefficient (Wildman–Crippen LogP) is 9.75. The van der Waals surface area contributed by atoms with Gasteiger partial charge in [0.15, 0.2) is 17.5 Å². The van der Waals surface area contributed by atoms with Crippen molar-refractivity contribution in [2.24, 2.45) is 0 Å². The van der Waals surface area contributed by atoms with Crippen LogP contribution in [0.25, 0.3) is 84.1 Å². The number of imidazole rings is 1. The van der Waals surface area contributed by atoms with E-state index in [1.165, 1.54) is 0 Å². The first kappa shape index (κ1) is 26.0. The predicted molar refractivity (Wildman–Crippen MR) is 183 cm³/mol. The molecule has 4 heterocycles. The Hall–Kier alpha value is -6.40. The van der Waals surface area contributed by atoms with E-state index in [9.17, 15) is 0 Å². The van der Waals surface area contributed by atoms with Gasteiger partial charge in [0.1, 0.15) is 16.8 Å². The number of furan rings is 1. The van der Waals surface area contributed by atoms with Crippen LogP contribution in [0.5, 0.6) is 0 Å². The van der Waals surface area contributed by atoms with Gasteiger partial charge in [0.25, 0.3) is 0 Å². The maximum absolute atomic E-state index is 6.18. The lowest BCUT2D eigenvalue weighted by atomic mass is 10.0. The normalized spacial score (nSPS) is 11.5. The molecule has 0 amide bonds. The van der Waals surface area contributed by atoms with Crippen molar-refractivity contribution in [3.05, 3.63) is 152 Å². The second-order valence-electron chi connectivity index (χ2n) is 11.2. The number of nitrogens with zero attached hydrogens (tertiary/aromatic N) is 5. The Balaban J connectivity index is 1.14. The number of fused-ring (bicyclic) bond motifs is 4. The Labute approximate surface area is 264 Å². The summed E-state index contributed by atoms with van der Waals surface area (Å²) >= 11 is 0. The number of aromatic nitrogens is 5. The number of benzene rings is 5. The largest absolute Gasteiger partial charge is 0.456 e. The number of para-hydroxylation sites is 1. The highest BCUT2D eigenvalue weighted by molar-refractivity contribution is 6.11. The molecule has 0 spiro atoms. The van der Waals surface area contributed by atoms with E-state index >= 15 is 0 Å². The Morgan fingerprint density at radius 1 is 0.457 bits per heavy atom. The van der Waals surface area contributed by atoms with Crippen LogP contribution in [0.2, 0.25) is 0 Å². The fourth-order valence-electron chi connectivity index (χ4n) is 6.05. The van der Waals surface area contributed by atoms with Crippen LogP contribution in [0.1, 0.15) is 0 Å². The second kappa shape index (κ2) is 10.6. The van der Waals surface area contributed by atoms with Crippen molar-refractivity contribution >= 4 is 27.6 Å². The van der Waals surface area contributed by atoms with E-state index in [-0.39, 0.29) is 0 Å². The summed E-state index contributed by atoms with van der Waals surface area (Å²) in [6, 6.07) is 47.0. The molecule has 0 saturated carbocycles. The summed E-state index contributed by atoms with van der Waals surface area (Å²) in [5.41, 5.74) is 9.53. The molecule has 0 saturated heterocycles. The van der Waals surface area contributed by atoms with Gasteiger partial charge < -0.3 is 8.82 Å². The van der Waals surface area contributed by atoms with E-state index in [2.05, 4.69) is 66.9 Å². The summed E-state index contributed by atoms with van der Waals surface area (Å²) in [4.78, 5) is 19.8. The van der Waals surface area contributed by atoms with Crippen LogP contribution < -0.4 is 0 Å². The number of hydrogen-bond acceptors (Lipinski definition) is 5. The molecule has 6 heteroatoms. The highest BCUT2D eigenvalue weighted by Crippen LogP contribution is 2.36. The zero-order valence-electron chi connectivity index (χ0n) is 24.6. The molecule has 4 aromatic heterocycles. The van der Waals surface area contributed by atoms with Crippen molar-refractivity contribution in [1.82, 2.24) is 24.3 Å². The van der Waals surface area contributed by atoms with E-state index in [1.807, 2.05) is 89.5 Å². The molecule has 0 atom stereocenters. The van der Waals surface area contributed by atoms with Gasteiger partial charge in [-0.15, -0.1) is 0 Å².